The van der Waals surface area contributed by atoms with Gasteiger partial charge in [0.2, 0.25) is 5.91 Å². The number of imidazole rings is 1. The number of nitrogens with one attached hydrogen (secondary N) is 3. The first-order valence-electron chi connectivity index (χ1n) is 8.10. The third-order valence-electron chi connectivity index (χ3n) is 4.46. The molecule has 1 aromatic heterocycles. The smallest absolute Gasteiger partial charge is 0.220 e. The van der Waals surface area contributed by atoms with Crippen molar-refractivity contribution in [2.45, 2.75) is 51.6 Å². The second-order valence-electron chi connectivity index (χ2n) is 6.21. The van der Waals surface area contributed by atoms with Crippen LogP contribution in [0.25, 0.3) is 11.0 Å². The van der Waals surface area contributed by atoms with E-state index in [1.165, 1.54) is 0 Å². The number of nitrogens with zero attached hydrogens (tertiary/aromatic N) is 1. The van der Waals surface area contributed by atoms with Crippen LogP contribution in [0, 0.1) is 6.92 Å². The number of hydrogen-bond acceptors (Lipinski definition) is 3. The van der Waals surface area contributed by atoms with Gasteiger partial charge >= 0.3 is 0 Å². The zero-order chi connectivity index (χ0) is 15.5. The van der Waals surface area contributed by atoms with Crippen molar-refractivity contribution in [3.05, 3.63) is 29.6 Å². The molecule has 0 bridgehead atoms. The van der Waals surface area contributed by atoms with Crippen LogP contribution in [0.5, 0.6) is 0 Å². The maximum atomic E-state index is 12.1. The lowest BCUT2D eigenvalue weighted by atomic mass is 10.00. The molecule has 2 aromatic rings. The van der Waals surface area contributed by atoms with E-state index in [-0.39, 0.29) is 11.9 Å². The molecule has 0 radical (unpaired) electrons. The van der Waals surface area contributed by atoms with Crippen molar-refractivity contribution in [1.82, 2.24) is 20.6 Å². The van der Waals surface area contributed by atoms with Gasteiger partial charge in [0.05, 0.1) is 11.0 Å². The van der Waals surface area contributed by atoms with Gasteiger partial charge in [0.25, 0.3) is 0 Å². The fourth-order valence-electron chi connectivity index (χ4n) is 3.10. The Labute approximate surface area is 130 Å². The van der Waals surface area contributed by atoms with Gasteiger partial charge in [-0.1, -0.05) is 12.1 Å². The third kappa shape index (κ3) is 3.30. The molecule has 3 N–H and O–H groups in total. The van der Waals surface area contributed by atoms with Gasteiger partial charge in [-0.15, -0.1) is 0 Å². The van der Waals surface area contributed by atoms with Crippen molar-refractivity contribution >= 4 is 16.9 Å². The van der Waals surface area contributed by atoms with E-state index >= 15 is 0 Å². The van der Waals surface area contributed by atoms with Gasteiger partial charge in [-0.2, -0.15) is 0 Å². The molecule has 1 saturated heterocycles. The van der Waals surface area contributed by atoms with Crippen LogP contribution in [0.2, 0.25) is 0 Å². The van der Waals surface area contributed by atoms with E-state index in [9.17, 15) is 4.79 Å². The summed E-state index contributed by atoms with van der Waals surface area (Å²) in [5.41, 5.74) is 3.20. The maximum absolute atomic E-state index is 12.1. The van der Waals surface area contributed by atoms with Crippen LogP contribution in [0.15, 0.2) is 18.2 Å². The first kappa shape index (κ1) is 15.0. The lowest BCUT2D eigenvalue weighted by Gasteiger charge is -2.30. The van der Waals surface area contributed by atoms with Crippen molar-refractivity contribution in [3.8, 4) is 0 Å². The molecule has 2 atom stereocenters. The van der Waals surface area contributed by atoms with Crippen molar-refractivity contribution in [1.29, 1.82) is 0 Å². The van der Waals surface area contributed by atoms with Crippen LogP contribution in [0.4, 0.5) is 0 Å². The van der Waals surface area contributed by atoms with Gasteiger partial charge in [0, 0.05) is 24.9 Å². The highest BCUT2D eigenvalue weighted by Crippen LogP contribution is 2.16. The van der Waals surface area contributed by atoms with Crippen molar-refractivity contribution < 1.29 is 4.79 Å². The number of carbonyl (C=O) groups excluding carboxylic acids is 1. The standard InChI is InChI=1S/C17H24N4O/c1-11-5-3-6-14-17(11)21-15(19-14)8-9-16(22)20-13-7-4-10-18-12(13)2/h3,5-6,12-13,18H,4,7-10H2,1-2H3,(H,19,21)(H,20,22). The number of para-hydroxylation sites is 1. The number of rotatable bonds is 4. The van der Waals surface area contributed by atoms with Gasteiger partial charge in [-0.3, -0.25) is 4.79 Å². The first-order valence-corrected chi connectivity index (χ1v) is 8.10. The Balaban J connectivity index is 1.56. The topological polar surface area (TPSA) is 69.8 Å². The summed E-state index contributed by atoms with van der Waals surface area (Å²) in [4.78, 5) is 20.0. The average Bonchev–Trinajstić information content (AvgIpc) is 2.92. The predicted octanol–water partition coefficient (Wildman–Crippen LogP) is 2.06. The van der Waals surface area contributed by atoms with E-state index in [2.05, 4.69) is 40.5 Å². The molecule has 5 nitrogen and oxygen atoms in total. The number of benzene rings is 1. The Morgan fingerprint density at radius 1 is 1.45 bits per heavy atom. The molecule has 1 aliphatic rings. The Bertz CT molecular complexity index is 664. The van der Waals surface area contributed by atoms with E-state index in [4.69, 9.17) is 0 Å². The van der Waals surface area contributed by atoms with Gasteiger partial charge in [0.15, 0.2) is 0 Å². The van der Waals surface area contributed by atoms with Crippen LogP contribution in [0.3, 0.4) is 0 Å². The van der Waals surface area contributed by atoms with Crippen LogP contribution in [-0.2, 0) is 11.2 Å². The van der Waals surface area contributed by atoms with Gasteiger partial charge in [0.1, 0.15) is 5.82 Å². The minimum Gasteiger partial charge on any atom is -0.352 e. The third-order valence-corrected chi connectivity index (χ3v) is 4.46. The van der Waals surface area contributed by atoms with Crippen molar-refractivity contribution in [2.24, 2.45) is 0 Å². The molecule has 22 heavy (non-hydrogen) atoms. The summed E-state index contributed by atoms with van der Waals surface area (Å²) in [6.07, 6.45) is 3.30. The number of carbonyl (C=O) groups is 1. The highest BCUT2D eigenvalue weighted by Gasteiger charge is 2.22. The number of piperidine rings is 1. The van der Waals surface area contributed by atoms with E-state index in [0.717, 1.165) is 41.8 Å². The van der Waals surface area contributed by atoms with Crippen molar-refractivity contribution in [2.75, 3.05) is 6.54 Å². The van der Waals surface area contributed by atoms with E-state index in [1.54, 1.807) is 0 Å². The Morgan fingerprint density at radius 3 is 3.09 bits per heavy atom. The zero-order valence-corrected chi connectivity index (χ0v) is 13.3. The maximum Gasteiger partial charge on any atom is 0.220 e. The molecule has 118 valence electrons. The van der Waals surface area contributed by atoms with Gasteiger partial charge in [-0.25, -0.2) is 4.98 Å². The molecule has 1 aromatic carbocycles. The SMILES string of the molecule is Cc1cccc2[nH]c(CCC(=O)NC3CCCNC3C)nc12. The lowest BCUT2D eigenvalue weighted by molar-refractivity contribution is -0.122. The van der Waals surface area contributed by atoms with E-state index < -0.39 is 0 Å². The minimum atomic E-state index is 0.109. The first-order chi connectivity index (χ1) is 10.6. The normalized spacial score (nSPS) is 21.9. The Morgan fingerprint density at radius 2 is 2.32 bits per heavy atom. The molecule has 3 rings (SSSR count). The highest BCUT2D eigenvalue weighted by atomic mass is 16.1. The molecule has 2 unspecified atom stereocenters. The van der Waals surface area contributed by atoms with Crippen LogP contribution < -0.4 is 10.6 Å². The fourth-order valence-corrected chi connectivity index (χ4v) is 3.10. The quantitative estimate of drug-likeness (QED) is 0.809. The molecule has 1 aliphatic heterocycles. The minimum absolute atomic E-state index is 0.109. The largest absolute Gasteiger partial charge is 0.352 e. The average molecular weight is 300 g/mol. The van der Waals surface area contributed by atoms with E-state index in [1.807, 2.05) is 12.1 Å². The fraction of sp³-hybridized carbons (Fsp3) is 0.529. The van der Waals surface area contributed by atoms with Crippen LogP contribution >= 0.6 is 0 Å². The molecule has 1 amide bonds. The molecule has 2 heterocycles. The zero-order valence-electron chi connectivity index (χ0n) is 13.3. The summed E-state index contributed by atoms with van der Waals surface area (Å²) in [6, 6.07) is 6.69. The second kappa shape index (κ2) is 6.48. The summed E-state index contributed by atoms with van der Waals surface area (Å²) in [6.45, 7) is 5.23. The molecule has 5 heteroatoms. The number of H-pyrrole nitrogens is 1. The number of amides is 1. The highest BCUT2D eigenvalue weighted by molar-refractivity contribution is 5.79. The van der Waals surface area contributed by atoms with Crippen LogP contribution in [-0.4, -0.2) is 34.5 Å². The van der Waals surface area contributed by atoms with Gasteiger partial charge in [-0.05, 0) is 44.9 Å². The molecular weight excluding hydrogens is 276 g/mol. The summed E-state index contributed by atoms with van der Waals surface area (Å²) < 4.78 is 0. The van der Waals surface area contributed by atoms with Crippen molar-refractivity contribution in [3.63, 3.8) is 0 Å². The second-order valence-corrected chi connectivity index (χ2v) is 6.21. The summed E-state index contributed by atoms with van der Waals surface area (Å²) in [5, 5.41) is 6.54. The lowest BCUT2D eigenvalue weighted by Crippen LogP contribution is -2.51. The number of aromatic amines is 1. The van der Waals surface area contributed by atoms with Crippen LogP contribution in [0.1, 0.15) is 37.6 Å². The molecule has 0 spiro atoms. The number of fused-ring (bicyclic) bond motifs is 1. The number of hydrogen-bond donors (Lipinski definition) is 3. The summed E-state index contributed by atoms with van der Waals surface area (Å²) in [5.74, 6) is 0.993. The predicted molar refractivity (Wildman–Crippen MR) is 87.8 cm³/mol. The molecule has 0 saturated carbocycles. The Hall–Kier alpha value is -1.88. The number of aromatic nitrogens is 2. The monoisotopic (exact) mass is 300 g/mol. The molecule has 0 aliphatic carbocycles. The number of aryl methyl sites for hydroxylation is 2. The molecular formula is C17H24N4O. The Kier molecular flexibility index (Phi) is 4.43. The summed E-state index contributed by atoms with van der Waals surface area (Å²) >= 11 is 0. The van der Waals surface area contributed by atoms with Gasteiger partial charge < -0.3 is 15.6 Å². The van der Waals surface area contributed by atoms with E-state index in [0.29, 0.717) is 18.9 Å². The molecule has 1 fully saturated rings. The summed E-state index contributed by atoms with van der Waals surface area (Å²) in [7, 11) is 0.